The number of hydrogen-bond donors (Lipinski definition) is 0. The van der Waals surface area contributed by atoms with Crippen LogP contribution in [0.4, 0.5) is 0 Å². The van der Waals surface area contributed by atoms with Gasteiger partial charge in [-0.1, -0.05) is 37.3 Å². The lowest BCUT2D eigenvalue weighted by molar-refractivity contribution is 0.0461. The second-order valence-corrected chi connectivity index (χ2v) is 5.84. The molecular weight excluding hydrogens is 308 g/mol. The smallest absolute Gasteiger partial charge is 0.357 e. The fraction of sp³-hybridized carbons (Fsp3) is 0.167. The number of rotatable bonds is 5. The van der Waals surface area contributed by atoms with Crippen LogP contribution in [0, 0.1) is 0 Å². The van der Waals surface area contributed by atoms with Gasteiger partial charge in [0.15, 0.2) is 0 Å². The van der Waals surface area contributed by atoms with Crippen LogP contribution in [-0.2, 0) is 17.8 Å². The maximum absolute atomic E-state index is 11.9. The van der Waals surface area contributed by atoms with Crippen molar-refractivity contribution in [3.8, 4) is 10.6 Å². The number of thiazole rings is 1. The largest absolute Gasteiger partial charge is 0.454 e. The van der Waals surface area contributed by atoms with E-state index >= 15 is 0 Å². The lowest BCUT2D eigenvalue weighted by atomic mass is 10.1. The van der Waals surface area contributed by atoms with E-state index in [4.69, 9.17) is 4.74 Å². The number of pyridine rings is 1. The summed E-state index contributed by atoms with van der Waals surface area (Å²) in [6.07, 6.45) is 2.59. The number of benzene rings is 1. The van der Waals surface area contributed by atoms with E-state index < -0.39 is 5.97 Å². The van der Waals surface area contributed by atoms with Gasteiger partial charge in [-0.2, -0.15) is 0 Å². The molecule has 2 heterocycles. The Morgan fingerprint density at radius 3 is 2.70 bits per heavy atom. The predicted molar refractivity (Wildman–Crippen MR) is 90.3 cm³/mol. The minimum Gasteiger partial charge on any atom is -0.454 e. The third-order valence-corrected chi connectivity index (χ3v) is 4.33. The van der Waals surface area contributed by atoms with Crippen LogP contribution >= 0.6 is 11.3 Å². The first-order valence-electron chi connectivity index (χ1n) is 7.38. The van der Waals surface area contributed by atoms with Gasteiger partial charge in [-0.05, 0) is 24.1 Å². The molecule has 0 bridgehead atoms. The first-order chi connectivity index (χ1) is 11.3. The number of carbonyl (C=O) groups is 1. The zero-order chi connectivity index (χ0) is 16.1. The summed E-state index contributed by atoms with van der Waals surface area (Å²) in [7, 11) is 0. The molecule has 0 amide bonds. The topological polar surface area (TPSA) is 52.1 Å². The van der Waals surface area contributed by atoms with Crippen molar-refractivity contribution in [3.63, 3.8) is 0 Å². The van der Waals surface area contributed by atoms with Crippen LogP contribution in [-0.4, -0.2) is 15.9 Å². The van der Waals surface area contributed by atoms with Crippen molar-refractivity contribution in [2.24, 2.45) is 0 Å². The molecule has 0 saturated carbocycles. The molecule has 116 valence electrons. The van der Waals surface area contributed by atoms with Gasteiger partial charge < -0.3 is 4.74 Å². The number of hydrogen-bond acceptors (Lipinski definition) is 5. The molecule has 4 nitrogen and oxygen atoms in total. The summed E-state index contributed by atoms with van der Waals surface area (Å²) in [5, 5.41) is 2.84. The van der Waals surface area contributed by atoms with Gasteiger partial charge in [0.2, 0.25) is 0 Å². The van der Waals surface area contributed by atoms with E-state index in [2.05, 4.69) is 41.2 Å². The summed E-state index contributed by atoms with van der Waals surface area (Å²) in [5.74, 6) is -0.438. The lowest BCUT2D eigenvalue weighted by Crippen LogP contribution is -2.07. The number of nitrogens with zero attached hydrogens (tertiary/aromatic N) is 2. The second-order valence-electron chi connectivity index (χ2n) is 4.99. The Bertz CT molecular complexity index is 782. The molecule has 0 radical (unpaired) electrons. The number of aryl methyl sites for hydroxylation is 1. The van der Waals surface area contributed by atoms with E-state index in [0.717, 1.165) is 22.7 Å². The molecule has 23 heavy (non-hydrogen) atoms. The standard InChI is InChI=1S/C18H16N2O2S/c1-2-13-6-8-14(9-7-13)17-20-15(12-23-17)11-22-18(21)16-5-3-4-10-19-16/h3-10,12H,2,11H2,1H3. The Balaban J connectivity index is 1.64. The maximum atomic E-state index is 11.9. The van der Waals surface area contributed by atoms with Gasteiger partial charge in [-0.15, -0.1) is 11.3 Å². The molecule has 0 spiro atoms. The molecule has 3 rings (SSSR count). The van der Waals surface area contributed by atoms with Crippen molar-refractivity contribution in [1.82, 2.24) is 9.97 Å². The van der Waals surface area contributed by atoms with Crippen molar-refractivity contribution < 1.29 is 9.53 Å². The average molecular weight is 324 g/mol. The zero-order valence-corrected chi connectivity index (χ0v) is 13.5. The SMILES string of the molecule is CCc1ccc(-c2nc(COC(=O)c3ccccn3)cs2)cc1. The fourth-order valence-corrected chi connectivity index (χ4v) is 2.90. The summed E-state index contributed by atoms with van der Waals surface area (Å²) in [6.45, 7) is 2.28. The number of esters is 1. The van der Waals surface area contributed by atoms with E-state index in [9.17, 15) is 4.79 Å². The summed E-state index contributed by atoms with van der Waals surface area (Å²) in [6, 6.07) is 13.5. The van der Waals surface area contributed by atoms with Gasteiger partial charge in [0, 0.05) is 17.1 Å². The molecule has 0 aliphatic rings. The van der Waals surface area contributed by atoms with Gasteiger partial charge in [0.25, 0.3) is 0 Å². The van der Waals surface area contributed by atoms with Crippen LogP contribution in [0.1, 0.15) is 28.7 Å². The van der Waals surface area contributed by atoms with Crippen LogP contribution in [0.5, 0.6) is 0 Å². The molecule has 2 aromatic heterocycles. The van der Waals surface area contributed by atoms with Gasteiger partial charge in [0.1, 0.15) is 17.3 Å². The Hall–Kier alpha value is -2.53. The minimum absolute atomic E-state index is 0.152. The molecule has 1 aromatic carbocycles. The van der Waals surface area contributed by atoms with E-state index in [-0.39, 0.29) is 6.61 Å². The summed E-state index contributed by atoms with van der Waals surface area (Å²) in [5.41, 5.74) is 3.43. The average Bonchev–Trinajstić information content (AvgIpc) is 3.09. The second kappa shape index (κ2) is 7.15. The maximum Gasteiger partial charge on any atom is 0.357 e. The zero-order valence-electron chi connectivity index (χ0n) is 12.7. The van der Waals surface area contributed by atoms with Crippen LogP contribution in [0.3, 0.4) is 0 Å². The summed E-state index contributed by atoms with van der Waals surface area (Å²) >= 11 is 1.55. The van der Waals surface area contributed by atoms with Gasteiger partial charge in [0.05, 0.1) is 5.69 Å². The molecule has 5 heteroatoms. The van der Waals surface area contributed by atoms with Crippen LogP contribution in [0.2, 0.25) is 0 Å². The molecule has 3 aromatic rings. The molecule has 0 aliphatic carbocycles. The van der Waals surface area contributed by atoms with Crippen LogP contribution < -0.4 is 0 Å². The van der Waals surface area contributed by atoms with Crippen molar-refractivity contribution >= 4 is 17.3 Å². The highest BCUT2D eigenvalue weighted by Gasteiger charge is 2.10. The Morgan fingerprint density at radius 1 is 1.17 bits per heavy atom. The van der Waals surface area contributed by atoms with Gasteiger partial charge in [-0.25, -0.2) is 14.8 Å². The summed E-state index contributed by atoms with van der Waals surface area (Å²) in [4.78, 5) is 20.3. The molecule has 0 saturated heterocycles. The monoisotopic (exact) mass is 324 g/mol. The fourth-order valence-electron chi connectivity index (χ4n) is 2.09. The first kappa shape index (κ1) is 15.4. The van der Waals surface area contributed by atoms with Crippen molar-refractivity contribution in [2.75, 3.05) is 0 Å². The van der Waals surface area contributed by atoms with Crippen LogP contribution in [0.15, 0.2) is 54.0 Å². The van der Waals surface area contributed by atoms with Crippen molar-refractivity contribution in [3.05, 3.63) is 71.0 Å². The van der Waals surface area contributed by atoms with E-state index in [1.54, 1.807) is 35.7 Å². The highest BCUT2D eigenvalue weighted by molar-refractivity contribution is 7.13. The molecule has 0 unspecified atom stereocenters. The predicted octanol–water partition coefficient (Wildman–Crippen LogP) is 4.12. The molecule has 0 fully saturated rings. The third kappa shape index (κ3) is 3.81. The number of ether oxygens (including phenoxy) is 1. The summed E-state index contributed by atoms with van der Waals surface area (Å²) < 4.78 is 5.24. The Kier molecular flexibility index (Phi) is 4.78. The molecule has 0 aliphatic heterocycles. The number of carbonyl (C=O) groups excluding carboxylic acids is 1. The molecule has 0 N–H and O–H groups in total. The highest BCUT2D eigenvalue weighted by atomic mass is 32.1. The third-order valence-electron chi connectivity index (χ3n) is 3.39. The minimum atomic E-state index is -0.438. The Labute approximate surface area is 138 Å². The van der Waals surface area contributed by atoms with Gasteiger partial charge in [-0.3, -0.25) is 0 Å². The van der Waals surface area contributed by atoms with E-state index in [0.29, 0.717) is 5.69 Å². The molecule has 0 atom stereocenters. The van der Waals surface area contributed by atoms with Crippen LogP contribution in [0.25, 0.3) is 10.6 Å². The van der Waals surface area contributed by atoms with Gasteiger partial charge >= 0.3 is 5.97 Å². The number of aromatic nitrogens is 2. The van der Waals surface area contributed by atoms with E-state index in [1.165, 1.54) is 5.56 Å². The Morgan fingerprint density at radius 2 is 2.00 bits per heavy atom. The quantitative estimate of drug-likeness (QED) is 0.662. The highest BCUT2D eigenvalue weighted by Crippen LogP contribution is 2.24. The van der Waals surface area contributed by atoms with E-state index in [1.807, 2.05) is 5.38 Å². The van der Waals surface area contributed by atoms with Crippen molar-refractivity contribution in [2.45, 2.75) is 20.0 Å². The van der Waals surface area contributed by atoms with Crippen molar-refractivity contribution in [1.29, 1.82) is 0 Å². The normalized spacial score (nSPS) is 10.5. The lowest BCUT2D eigenvalue weighted by Gasteiger charge is -2.02. The molecular formula is C18H16N2O2S. The first-order valence-corrected chi connectivity index (χ1v) is 8.26.